The van der Waals surface area contributed by atoms with Gasteiger partial charge >= 0.3 is 5.97 Å². The Morgan fingerprint density at radius 2 is 1.92 bits per heavy atom. The number of methoxy groups -OCH3 is 1. The van der Waals surface area contributed by atoms with Crippen LogP contribution in [0.3, 0.4) is 0 Å². The summed E-state index contributed by atoms with van der Waals surface area (Å²) in [5.74, 6) is -0.108. The predicted octanol–water partition coefficient (Wildman–Crippen LogP) is 2.56. The molecule has 0 aromatic carbocycles. The number of allylic oxidation sites excluding steroid dienone is 1. The average molecular weight is 182 g/mol. The van der Waals surface area contributed by atoms with Crippen LogP contribution < -0.4 is 0 Å². The molecule has 13 heavy (non-hydrogen) atoms. The van der Waals surface area contributed by atoms with E-state index >= 15 is 0 Å². The summed E-state index contributed by atoms with van der Waals surface area (Å²) >= 11 is 0. The molecule has 1 unspecified atom stereocenters. The van der Waals surface area contributed by atoms with E-state index in [2.05, 4.69) is 25.2 Å². The molecule has 0 fully saturated rings. The summed E-state index contributed by atoms with van der Waals surface area (Å²) in [5.41, 5.74) is 0.809. The van der Waals surface area contributed by atoms with E-state index in [-0.39, 0.29) is 11.9 Å². The number of carbonyl (C=O) groups excluding carboxylic acids is 1. The first kappa shape index (κ1) is 11.9. The standard InChI is InChI=1S/C11H18O2/c1-8(2)6-7-10(9(3)4)11(12)13-5/h6-8,10H,3H2,1-2,4-5H3/b7-6+. The molecule has 1 atom stereocenters. The highest BCUT2D eigenvalue weighted by Gasteiger charge is 2.15. The minimum atomic E-state index is -0.299. The first-order chi connectivity index (χ1) is 5.99. The molecular weight excluding hydrogens is 164 g/mol. The molecule has 0 aliphatic carbocycles. The summed E-state index contributed by atoms with van der Waals surface area (Å²) in [6, 6.07) is 0. The number of ether oxygens (including phenoxy) is 1. The third kappa shape index (κ3) is 4.51. The third-order valence-electron chi connectivity index (χ3n) is 1.67. The quantitative estimate of drug-likeness (QED) is 0.493. The second-order valence-corrected chi connectivity index (χ2v) is 3.48. The van der Waals surface area contributed by atoms with E-state index < -0.39 is 0 Å². The van der Waals surface area contributed by atoms with Crippen LogP contribution in [-0.2, 0) is 9.53 Å². The van der Waals surface area contributed by atoms with Gasteiger partial charge in [-0.2, -0.15) is 0 Å². The highest BCUT2D eigenvalue weighted by atomic mass is 16.5. The van der Waals surface area contributed by atoms with Crippen molar-refractivity contribution in [3.8, 4) is 0 Å². The summed E-state index contributed by atoms with van der Waals surface area (Å²) in [6.07, 6.45) is 3.83. The van der Waals surface area contributed by atoms with E-state index in [1.165, 1.54) is 7.11 Å². The van der Waals surface area contributed by atoms with Crippen LogP contribution >= 0.6 is 0 Å². The van der Waals surface area contributed by atoms with Crippen LogP contribution in [0.15, 0.2) is 24.3 Å². The van der Waals surface area contributed by atoms with Crippen LogP contribution in [0.4, 0.5) is 0 Å². The second-order valence-electron chi connectivity index (χ2n) is 3.48. The lowest BCUT2D eigenvalue weighted by molar-refractivity contribution is -0.142. The Bertz CT molecular complexity index is 214. The van der Waals surface area contributed by atoms with Crippen molar-refractivity contribution in [1.82, 2.24) is 0 Å². The fourth-order valence-corrected chi connectivity index (χ4v) is 0.904. The predicted molar refractivity (Wildman–Crippen MR) is 54.3 cm³/mol. The van der Waals surface area contributed by atoms with Crippen LogP contribution in [0, 0.1) is 11.8 Å². The lowest BCUT2D eigenvalue weighted by Crippen LogP contribution is -2.14. The molecule has 0 N–H and O–H groups in total. The number of esters is 1. The Labute approximate surface area is 80.3 Å². The van der Waals surface area contributed by atoms with Gasteiger partial charge in [-0.05, 0) is 12.8 Å². The first-order valence-corrected chi connectivity index (χ1v) is 4.40. The highest BCUT2D eigenvalue weighted by Crippen LogP contribution is 2.13. The van der Waals surface area contributed by atoms with E-state index in [0.29, 0.717) is 5.92 Å². The van der Waals surface area contributed by atoms with Gasteiger partial charge in [0.15, 0.2) is 0 Å². The van der Waals surface area contributed by atoms with Crippen molar-refractivity contribution < 1.29 is 9.53 Å². The fraction of sp³-hybridized carbons (Fsp3) is 0.545. The number of hydrogen-bond acceptors (Lipinski definition) is 2. The molecule has 0 aromatic rings. The molecular formula is C11H18O2. The molecule has 0 rings (SSSR count). The summed E-state index contributed by atoms with van der Waals surface area (Å²) in [4.78, 5) is 11.2. The van der Waals surface area contributed by atoms with Crippen molar-refractivity contribution in [3.63, 3.8) is 0 Å². The zero-order valence-electron chi connectivity index (χ0n) is 8.83. The Morgan fingerprint density at radius 3 is 2.23 bits per heavy atom. The van der Waals surface area contributed by atoms with Crippen LogP contribution in [-0.4, -0.2) is 13.1 Å². The maximum Gasteiger partial charge on any atom is 0.316 e. The van der Waals surface area contributed by atoms with E-state index in [1.807, 2.05) is 19.1 Å². The zero-order chi connectivity index (χ0) is 10.4. The fourth-order valence-electron chi connectivity index (χ4n) is 0.904. The average Bonchev–Trinajstić information content (AvgIpc) is 2.03. The molecule has 0 aliphatic rings. The molecule has 0 aliphatic heterocycles. The molecule has 2 heteroatoms. The summed E-state index contributed by atoms with van der Waals surface area (Å²) in [5, 5.41) is 0. The van der Waals surface area contributed by atoms with Gasteiger partial charge in [0, 0.05) is 0 Å². The molecule has 0 amide bonds. The summed E-state index contributed by atoms with van der Waals surface area (Å²) in [6.45, 7) is 9.69. The lowest BCUT2D eigenvalue weighted by atomic mass is 10.00. The van der Waals surface area contributed by atoms with Crippen molar-refractivity contribution in [1.29, 1.82) is 0 Å². The van der Waals surface area contributed by atoms with E-state index in [4.69, 9.17) is 0 Å². The third-order valence-corrected chi connectivity index (χ3v) is 1.67. The van der Waals surface area contributed by atoms with Gasteiger partial charge in [0.25, 0.3) is 0 Å². The summed E-state index contributed by atoms with van der Waals surface area (Å²) < 4.78 is 4.65. The maximum atomic E-state index is 11.2. The topological polar surface area (TPSA) is 26.3 Å². The van der Waals surface area contributed by atoms with Gasteiger partial charge < -0.3 is 4.74 Å². The number of rotatable bonds is 4. The van der Waals surface area contributed by atoms with Crippen molar-refractivity contribution in [2.75, 3.05) is 7.11 Å². The smallest absolute Gasteiger partial charge is 0.316 e. The summed E-state index contributed by atoms with van der Waals surface area (Å²) in [7, 11) is 1.39. The van der Waals surface area contributed by atoms with Gasteiger partial charge in [0.2, 0.25) is 0 Å². The SMILES string of the molecule is C=C(C)C(/C=C/C(C)C)C(=O)OC. The molecule has 2 nitrogen and oxygen atoms in total. The Kier molecular flexibility index (Phi) is 5.12. The Balaban J connectivity index is 4.44. The molecule has 74 valence electrons. The normalized spacial score (nSPS) is 13.3. The molecule has 0 saturated heterocycles. The largest absolute Gasteiger partial charge is 0.468 e. The second kappa shape index (κ2) is 5.57. The lowest BCUT2D eigenvalue weighted by Gasteiger charge is -2.09. The number of carbonyl (C=O) groups is 1. The monoisotopic (exact) mass is 182 g/mol. The molecule has 0 saturated carbocycles. The molecule has 0 heterocycles. The van der Waals surface area contributed by atoms with Crippen LogP contribution in [0.5, 0.6) is 0 Å². The van der Waals surface area contributed by atoms with E-state index in [1.54, 1.807) is 0 Å². The van der Waals surface area contributed by atoms with Crippen molar-refractivity contribution in [3.05, 3.63) is 24.3 Å². The highest BCUT2D eigenvalue weighted by molar-refractivity contribution is 5.77. The first-order valence-electron chi connectivity index (χ1n) is 4.40. The van der Waals surface area contributed by atoms with Crippen molar-refractivity contribution in [2.45, 2.75) is 20.8 Å². The van der Waals surface area contributed by atoms with Crippen LogP contribution in [0.2, 0.25) is 0 Å². The van der Waals surface area contributed by atoms with Crippen LogP contribution in [0.25, 0.3) is 0 Å². The van der Waals surface area contributed by atoms with Gasteiger partial charge in [-0.3, -0.25) is 4.79 Å². The maximum absolute atomic E-state index is 11.2. The number of hydrogen-bond donors (Lipinski definition) is 0. The minimum absolute atomic E-state index is 0.246. The van der Waals surface area contributed by atoms with Gasteiger partial charge in [0.1, 0.15) is 0 Å². The van der Waals surface area contributed by atoms with Crippen molar-refractivity contribution >= 4 is 5.97 Å². The molecule has 0 spiro atoms. The van der Waals surface area contributed by atoms with Gasteiger partial charge in [-0.1, -0.05) is 38.2 Å². The minimum Gasteiger partial charge on any atom is -0.468 e. The van der Waals surface area contributed by atoms with Gasteiger partial charge in [-0.25, -0.2) is 0 Å². The Morgan fingerprint density at radius 1 is 1.38 bits per heavy atom. The zero-order valence-corrected chi connectivity index (χ0v) is 8.83. The molecule has 0 aromatic heterocycles. The molecule has 0 bridgehead atoms. The Hall–Kier alpha value is -1.05. The van der Waals surface area contributed by atoms with Gasteiger partial charge in [0.05, 0.1) is 13.0 Å². The molecule has 0 radical (unpaired) electrons. The van der Waals surface area contributed by atoms with Gasteiger partial charge in [-0.15, -0.1) is 0 Å². The van der Waals surface area contributed by atoms with E-state index in [9.17, 15) is 4.79 Å². The van der Waals surface area contributed by atoms with E-state index in [0.717, 1.165) is 5.57 Å². The van der Waals surface area contributed by atoms with Crippen molar-refractivity contribution in [2.24, 2.45) is 11.8 Å². The van der Waals surface area contributed by atoms with Crippen LogP contribution in [0.1, 0.15) is 20.8 Å².